The zero-order valence-corrected chi connectivity index (χ0v) is 10.8. The number of aryl methyl sites for hydroxylation is 1. The molecular formula is C16H18N2O. The van der Waals surface area contributed by atoms with Crippen molar-refractivity contribution < 1.29 is 5.11 Å². The van der Waals surface area contributed by atoms with Crippen LogP contribution in [0.15, 0.2) is 48.7 Å². The van der Waals surface area contributed by atoms with E-state index in [1.165, 1.54) is 5.56 Å². The summed E-state index contributed by atoms with van der Waals surface area (Å²) >= 11 is 0. The van der Waals surface area contributed by atoms with E-state index >= 15 is 0 Å². The first kappa shape index (κ1) is 12.3. The summed E-state index contributed by atoms with van der Waals surface area (Å²) in [5.74, 6) is 0. The van der Waals surface area contributed by atoms with E-state index in [0.29, 0.717) is 0 Å². The molecule has 0 bridgehead atoms. The summed E-state index contributed by atoms with van der Waals surface area (Å²) in [5, 5.41) is 13.1. The molecule has 0 saturated heterocycles. The summed E-state index contributed by atoms with van der Waals surface area (Å²) in [5.41, 5.74) is 3.58. The van der Waals surface area contributed by atoms with Gasteiger partial charge >= 0.3 is 0 Å². The van der Waals surface area contributed by atoms with Gasteiger partial charge in [-0.2, -0.15) is 0 Å². The van der Waals surface area contributed by atoms with Gasteiger partial charge in [0.05, 0.1) is 24.4 Å². The van der Waals surface area contributed by atoms with Crippen LogP contribution in [0.4, 0.5) is 0 Å². The molecule has 2 N–H and O–H groups in total. The molecule has 1 unspecified atom stereocenters. The number of hydrogen-bond donors (Lipinski definition) is 2. The van der Waals surface area contributed by atoms with E-state index < -0.39 is 0 Å². The van der Waals surface area contributed by atoms with E-state index in [0.717, 1.165) is 24.1 Å². The van der Waals surface area contributed by atoms with Crippen molar-refractivity contribution in [3.05, 3.63) is 65.5 Å². The summed E-state index contributed by atoms with van der Waals surface area (Å²) in [6.07, 6.45) is 3.96. The largest absolute Gasteiger partial charge is 0.394 e. The van der Waals surface area contributed by atoms with Gasteiger partial charge < -0.3 is 5.11 Å². The number of rotatable bonds is 4. The Morgan fingerprint density at radius 1 is 1.21 bits per heavy atom. The van der Waals surface area contributed by atoms with E-state index in [9.17, 15) is 5.11 Å². The molecule has 1 heterocycles. The Morgan fingerprint density at radius 2 is 2.05 bits per heavy atom. The molecule has 3 nitrogen and oxygen atoms in total. The number of nitrogens with zero attached hydrogens (tertiary/aromatic N) is 1. The second kappa shape index (κ2) is 5.51. The van der Waals surface area contributed by atoms with E-state index in [4.69, 9.17) is 0 Å². The van der Waals surface area contributed by atoms with Crippen molar-refractivity contribution in [2.75, 3.05) is 6.61 Å². The summed E-state index contributed by atoms with van der Waals surface area (Å²) in [6, 6.07) is 14.4. The van der Waals surface area contributed by atoms with Crippen LogP contribution < -0.4 is 5.32 Å². The fraction of sp³-hybridized carbons (Fsp3) is 0.312. The third kappa shape index (κ3) is 2.53. The van der Waals surface area contributed by atoms with E-state index in [1.807, 2.05) is 42.6 Å². The SMILES string of the molecule is OC[C@@H](NC1CCc2cccnc21)c1ccccc1. The topological polar surface area (TPSA) is 45.1 Å². The van der Waals surface area contributed by atoms with Crippen molar-refractivity contribution in [1.29, 1.82) is 0 Å². The maximum absolute atomic E-state index is 9.60. The molecule has 1 aliphatic carbocycles. The van der Waals surface area contributed by atoms with Gasteiger partial charge in [-0.25, -0.2) is 0 Å². The molecule has 3 heteroatoms. The fourth-order valence-corrected chi connectivity index (χ4v) is 2.76. The summed E-state index contributed by atoms with van der Waals surface area (Å²) < 4.78 is 0. The molecule has 0 aliphatic heterocycles. The van der Waals surface area contributed by atoms with E-state index in [2.05, 4.69) is 16.4 Å². The van der Waals surface area contributed by atoms with Gasteiger partial charge in [-0.3, -0.25) is 10.3 Å². The number of fused-ring (bicyclic) bond motifs is 1. The van der Waals surface area contributed by atoms with Gasteiger partial charge in [0, 0.05) is 6.20 Å². The van der Waals surface area contributed by atoms with Gasteiger partial charge in [0.15, 0.2) is 0 Å². The summed E-state index contributed by atoms with van der Waals surface area (Å²) in [6.45, 7) is 0.0999. The van der Waals surface area contributed by atoms with Gasteiger partial charge in [-0.05, 0) is 30.0 Å². The molecule has 3 rings (SSSR count). The van der Waals surface area contributed by atoms with E-state index in [-0.39, 0.29) is 18.7 Å². The molecule has 0 amide bonds. The molecule has 0 saturated carbocycles. The monoisotopic (exact) mass is 254 g/mol. The van der Waals surface area contributed by atoms with Crippen molar-refractivity contribution in [3.8, 4) is 0 Å². The molecule has 1 aromatic heterocycles. The van der Waals surface area contributed by atoms with Crippen molar-refractivity contribution in [2.45, 2.75) is 24.9 Å². The van der Waals surface area contributed by atoms with Crippen LogP contribution in [0.1, 0.15) is 35.3 Å². The standard InChI is InChI=1S/C16H18N2O/c19-11-15(12-5-2-1-3-6-12)18-14-9-8-13-7-4-10-17-16(13)14/h1-7,10,14-15,18-19H,8-9,11H2/t14?,15-/m1/s1. The number of aliphatic hydroxyl groups excluding tert-OH is 1. The van der Waals surface area contributed by atoms with Gasteiger partial charge in [-0.15, -0.1) is 0 Å². The predicted octanol–water partition coefficient (Wildman–Crippen LogP) is 2.39. The Morgan fingerprint density at radius 3 is 2.84 bits per heavy atom. The fourth-order valence-electron chi connectivity index (χ4n) is 2.76. The molecule has 19 heavy (non-hydrogen) atoms. The average molecular weight is 254 g/mol. The van der Waals surface area contributed by atoms with Crippen LogP contribution in [-0.4, -0.2) is 16.7 Å². The maximum atomic E-state index is 9.60. The Bertz CT molecular complexity index is 541. The normalized spacial score (nSPS) is 19.1. The summed E-state index contributed by atoms with van der Waals surface area (Å²) in [4.78, 5) is 4.48. The lowest BCUT2D eigenvalue weighted by molar-refractivity contribution is 0.232. The number of aliphatic hydroxyl groups is 1. The molecule has 98 valence electrons. The minimum atomic E-state index is -0.0286. The van der Waals surface area contributed by atoms with Crippen molar-refractivity contribution in [3.63, 3.8) is 0 Å². The number of aromatic nitrogens is 1. The molecule has 2 atom stereocenters. The highest BCUT2D eigenvalue weighted by atomic mass is 16.3. The van der Waals surface area contributed by atoms with Gasteiger partial charge in [0.1, 0.15) is 0 Å². The van der Waals surface area contributed by atoms with Crippen molar-refractivity contribution >= 4 is 0 Å². The number of pyridine rings is 1. The van der Waals surface area contributed by atoms with Crippen LogP contribution in [0.25, 0.3) is 0 Å². The van der Waals surface area contributed by atoms with Crippen LogP contribution in [0, 0.1) is 0 Å². The first-order chi connectivity index (χ1) is 9.38. The Kier molecular flexibility index (Phi) is 3.58. The quantitative estimate of drug-likeness (QED) is 0.880. The van der Waals surface area contributed by atoms with Crippen LogP contribution >= 0.6 is 0 Å². The number of benzene rings is 1. The molecule has 1 aliphatic rings. The first-order valence-electron chi connectivity index (χ1n) is 6.74. The molecule has 0 fully saturated rings. The lowest BCUT2D eigenvalue weighted by atomic mass is 10.1. The molecule has 0 spiro atoms. The summed E-state index contributed by atoms with van der Waals surface area (Å²) in [7, 11) is 0. The van der Waals surface area contributed by atoms with Gasteiger partial charge in [0.2, 0.25) is 0 Å². The number of hydrogen-bond acceptors (Lipinski definition) is 3. The first-order valence-corrected chi connectivity index (χ1v) is 6.74. The van der Waals surface area contributed by atoms with Crippen molar-refractivity contribution in [1.82, 2.24) is 10.3 Å². The average Bonchev–Trinajstić information content (AvgIpc) is 2.89. The minimum Gasteiger partial charge on any atom is -0.394 e. The maximum Gasteiger partial charge on any atom is 0.0626 e. The lowest BCUT2D eigenvalue weighted by Crippen LogP contribution is -2.28. The van der Waals surface area contributed by atoms with Crippen LogP contribution in [0.3, 0.4) is 0 Å². The number of nitrogens with one attached hydrogen (secondary N) is 1. The molecule has 2 aromatic rings. The Hall–Kier alpha value is -1.71. The lowest BCUT2D eigenvalue weighted by Gasteiger charge is -2.21. The highest BCUT2D eigenvalue weighted by Gasteiger charge is 2.25. The smallest absolute Gasteiger partial charge is 0.0626 e. The minimum absolute atomic E-state index is 0.0286. The third-order valence-corrected chi connectivity index (χ3v) is 3.75. The van der Waals surface area contributed by atoms with E-state index in [1.54, 1.807) is 0 Å². The molecule has 1 aromatic carbocycles. The van der Waals surface area contributed by atoms with Crippen LogP contribution in [0.2, 0.25) is 0 Å². The van der Waals surface area contributed by atoms with Crippen molar-refractivity contribution in [2.24, 2.45) is 0 Å². The zero-order chi connectivity index (χ0) is 13.1. The van der Waals surface area contributed by atoms with Gasteiger partial charge in [0.25, 0.3) is 0 Å². The predicted molar refractivity (Wildman–Crippen MR) is 74.7 cm³/mol. The molecular weight excluding hydrogens is 236 g/mol. The van der Waals surface area contributed by atoms with Crippen LogP contribution in [0.5, 0.6) is 0 Å². The van der Waals surface area contributed by atoms with Crippen LogP contribution in [-0.2, 0) is 6.42 Å². The highest BCUT2D eigenvalue weighted by Crippen LogP contribution is 2.31. The molecule has 0 radical (unpaired) electrons. The highest BCUT2D eigenvalue weighted by molar-refractivity contribution is 5.29. The second-order valence-corrected chi connectivity index (χ2v) is 4.95. The Balaban J connectivity index is 1.78. The van der Waals surface area contributed by atoms with Gasteiger partial charge in [-0.1, -0.05) is 36.4 Å². The third-order valence-electron chi connectivity index (χ3n) is 3.75. The Labute approximate surface area is 113 Å². The second-order valence-electron chi connectivity index (χ2n) is 4.95. The zero-order valence-electron chi connectivity index (χ0n) is 10.8.